The average Bonchev–Trinajstić information content (AvgIpc) is 3.82. The SMILES string of the molecule is c1cc(-c2ccc3ccccc3c2)cc(N(c2ccc(-c3ccc4sc5ccccc5c4c3)cc2)c2cccc(-c3ccc4sc5ccccc5c4c3)c2)c1. The number of fused-ring (bicyclic) bond motifs is 7. The van der Waals surface area contributed by atoms with Gasteiger partial charge in [-0.25, -0.2) is 0 Å². The van der Waals surface area contributed by atoms with Gasteiger partial charge in [-0.1, -0.05) is 121 Å². The van der Waals surface area contributed by atoms with Crippen molar-refractivity contribution in [2.45, 2.75) is 0 Å². The monoisotopic (exact) mass is 735 g/mol. The van der Waals surface area contributed by atoms with Crippen LogP contribution in [0.2, 0.25) is 0 Å². The third-order valence-corrected chi connectivity index (χ3v) is 13.1. The molecule has 0 spiro atoms. The zero-order valence-electron chi connectivity index (χ0n) is 29.8. The first-order valence-electron chi connectivity index (χ1n) is 18.6. The molecule has 55 heavy (non-hydrogen) atoms. The van der Waals surface area contributed by atoms with Crippen LogP contribution in [0.5, 0.6) is 0 Å². The summed E-state index contributed by atoms with van der Waals surface area (Å²) in [6.07, 6.45) is 0. The van der Waals surface area contributed by atoms with Gasteiger partial charge in [0.15, 0.2) is 0 Å². The molecule has 0 aliphatic carbocycles. The van der Waals surface area contributed by atoms with E-state index in [1.807, 2.05) is 22.7 Å². The summed E-state index contributed by atoms with van der Waals surface area (Å²) in [4.78, 5) is 2.39. The summed E-state index contributed by atoms with van der Waals surface area (Å²) in [6.45, 7) is 0. The Morgan fingerprint density at radius 3 is 1.33 bits per heavy atom. The highest BCUT2D eigenvalue weighted by atomic mass is 32.1. The Bertz CT molecular complexity index is 3220. The second kappa shape index (κ2) is 13.1. The predicted molar refractivity (Wildman–Crippen MR) is 241 cm³/mol. The lowest BCUT2D eigenvalue weighted by Crippen LogP contribution is -2.10. The van der Waals surface area contributed by atoms with E-state index in [0.717, 1.165) is 17.1 Å². The van der Waals surface area contributed by atoms with Crippen molar-refractivity contribution in [1.82, 2.24) is 0 Å². The van der Waals surface area contributed by atoms with E-state index in [-0.39, 0.29) is 0 Å². The van der Waals surface area contributed by atoms with Gasteiger partial charge in [0.2, 0.25) is 0 Å². The van der Waals surface area contributed by atoms with Crippen LogP contribution in [0, 0.1) is 0 Å². The van der Waals surface area contributed by atoms with Crippen molar-refractivity contribution in [2.24, 2.45) is 0 Å². The molecule has 0 amide bonds. The lowest BCUT2D eigenvalue weighted by molar-refractivity contribution is 1.28. The fourth-order valence-electron chi connectivity index (χ4n) is 8.08. The van der Waals surface area contributed by atoms with Gasteiger partial charge in [0.1, 0.15) is 0 Å². The Balaban J connectivity index is 1.03. The Labute approximate surface area is 327 Å². The van der Waals surface area contributed by atoms with E-state index in [2.05, 4.69) is 205 Å². The highest BCUT2D eigenvalue weighted by Gasteiger charge is 2.16. The molecule has 9 aromatic carbocycles. The van der Waals surface area contributed by atoms with Crippen LogP contribution < -0.4 is 4.90 Å². The minimum atomic E-state index is 1.11. The largest absolute Gasteiger partial charge is 0.310 e. The molecule has 0 N–H and O–H groups in total. The van der Waals surface area contributed by atoms with Gasteiger partial charge in [0, 0.05) is 57.4 Å². The number of hydrogen-bond acceptors (Lipinski definition) is 3. The van der Waals surface area contributed by atoms with Crippen molar-refractivity contribution >= 4 is 90.9 Å². The van der Waals surface area contributed by atoms with E-state index in [4.69, 9.17) is 0 Å². The molecular formula is C52H33NS2. The maximum atomic E-state index is 2.39. The first kappa shape index (κ1) is 32.0. The maximum Gasteiger partial charge on any atom is 0.0467 e. The zero-order chi connectivity index (χ0) is 36.3. The Morgan fingerprint density at radius 2 is 0.709 bits per heavy atom. The second-order valence-electron chi connectivity index (χ2n) is 14.2. The van der Waals surface area contributed by atoms with Gasteiger partial charge < -0.3 is 4.90 Å². The van der Waals surface area contributed by atoms with Crippen LogP contribution in [0.3, 0.4) is 0 Å². The highest BCUT2D eigenvalue weighted by molar-refractivity contribution is 7.26. The van der Waals surface area contributed by atoms with E-state index >= 15 is 0 Å². The molecular weight excluding hydrogens is 703 g/mol. The zero-order valence-corrected chi connectivity index (χ0v) is 31.4. The molecule has 0 fully saturated rings. The molecule has 0 unspecified atom stereocenters. The van der Waals surface area contributed by atoms with E-state index < -0.39 is 0 Å². The van der Waals surface area contributed by atoms with Crippen molar-refractivity contribution in [3.05, 3.63) is 200 Å². The van der Waals surface area contributed by atoms with E-state index in [9.17, 15) is 0 Å². The lowest BCUT2D eigenvalue weighted by Gasteiger charge is -2.27. The second-order valence-corrected chi connectivity index (χ2v) is 16.3. The van der Waals surface area contributed by atoms with Crippen LogP contribution in [0.25, 0.3) is 84.5 Å². The fraction of sp³-hybridized carbons (Fsp3) is 0. The average molecular weight is 736 g/mol. The summed E-state index contributed by atoms with van der Waals surface area (Å²) in [6, 6.07) is 73.6. The molecule has 258 valence electrons. The standard InChI is InChI=1S/C52H33NS2/c1-2-10-36-29-39(20-19-34(36)9-1)37-11-7-13-43(30-37)53(42-25-21-35(22-26-42)40-23-27-51-47(32-40)45-15-3-5-17-49(45)54-51)44-14-8-12-38(31-44)41-24-28-52-48(33-41)46-16-4-6-18-50(46)55-52/h1-33H. The number of rotatable bonds is 6. The van der Waals surface area contributed by atoms with Crippen LogP contribution in [0.15, 0.2) is 200 Å². The number of nitrogens with zero attached hydrogens (tertiary/aromatic N) is 1. The summed E-state index contributed by atoms with van der Waals surface area (Å²) >= 11 is 3.72. The molecule has 0 atom stereocenters. The molecule has 11 rings (SSSR count). The van der Waals surface area contributed by atoms with Gasteiger partial charge >= 0.3 is 0 Å². The summed E-state index contributed by atoms with van der Waals surface area (Å²) in [5, 5.41) is 7.77. The minimum Gasteiger partial charge on any atom is -0.310 e. The molecule has 1 nitrogen and oxygen atoms in total. The molecule has 0 saturated carbocycles. The number of anilines is 3. The van der Waals surface area contributed by atoms with Crippen LogP contribution >= 0.6 is 22.7 Å². The molecule has 0 saturated heterocycles. The number of hydrogen-bond donors (Lipinski definition) is 0. The number of benzene rings is 9. The molecule has 2 heterocycles. The molecule has 3 heteroatoms. The van der Waals surface area contributed by atoms with Crippen molar-refractivity contribution in [1.29, 1.82) is 0 Å². The molecule has 0 aliphatic rings. The van der Waals surface area contributed by atoms with Gasteiger partial charge in [0.05, 0.1) is 0 Å². The smallest absolute Gasteiger partial charge is 0.0467 e. The maximum absolute atomic E-state index is 2.39. The predicted octanol–water partition coefficient (Wildman–Crippen LogP) is 16.0. The topological polar surface area (TPSA) is 3.24 Å². The molecule has 0 bridgehead atoms. The summed E-state index contributed by atoms with van der Waals surface area (Å²) in [5.74, 6) is 0. The summed E-state index contributed by atoms with van der Waals surface area (Å²) in [5.41, 5.74) is 10.6. The third-order valence-electron chi connectivity index (χ3n) is 10.8. The normalized spacial score (nSPS) is 11.6. The fourth-order valence-corrected chi connectivity index (χ4v) is 10.3. The lowest BCUT2D eigenvalue weighted by atomic mass is 9.99. The van der Waals surface area contributed by atoms with Gasteiger partial charge in [-0.05, 0) is 123 Å². The first-order valence-corrected chi connectivity index (χ1v) is 20.3. The summed E-state index contributed by atoms with van der Waals surface area (Å²) in [7, 11) is 0. The van der Waals surface area contributed by atoms with Gasteiger partial charge in [0.25, 0.3) is 0 Å². The van der Waals surface area contributed by atoms with Gasteiger partial charge in [-0.15, -0.1) is 22.7 Å². The molecule has 11 aromatic rings. The van der Waals surface area contributed by atoms with Crippen LogP contribution in [0.4, 0.5) is 17.1 Å². The van der Waals surface area contributed by atoms with E-state index in [1.165, 1.54) is 84.5 Å². The first-order chi connectivity index (χ1) is 27.2. The van der Waals surface area contributed by atoms with Crippen molar-refractivity contribution in [3.8, 4) is 33.4 Å². The third kappa shape index (κ3) is 5.68. The van der Waals surface area contributed by atoms with Gasteiger partial charge in [-0.2, -0.15) is 0 Å². The quantitative estimate of drug-likeness (QED) is 0.164. The number of thiophene rings is 2. The van der Waals surface area contributed by atoms with Crippen LogP contribution in [0.1, 0.15) is 0 Å². The Hall–Kier alpha value is -6.52. The highest BCUT2D eigenvalue weighted by Crippen LogP contribution is 2.42. The molecule has 2 aromatic heterocycles. The molecule has 0 aliphatic heterocycles. The molecule has 0 radical (unpaired) electrons. The Kier molecular flexibility index (Phi) is 7.61. The van der Waals surface area contributed by atoms with Crippen molar-refractivity contribution < 1.29 is 0 Å². The van der Waals surface area contributed by atoms with Crippen molar-refractivity contribution in [2.75, 3.05) is 4.90 Å². The van der Waals surface area contributed by atoms with Crippen molar-refractivity contribution in [3.63, 3.8) is 0 Å². The summed E-state index contributed by atoms with van der Waals surface area (Å²) < 4.78 is 5.30. The van der Waals surface area contributed by atoms with Crippen LogP contribution in [-0.2, 0) is 0 Å². The van der Waals surface area contributed by atoms with Gasteiger partial charge in [-0.3, -0.25) is 0 Å². The Morgan fingerprint density at radius 1 is 0.255 bits per heavy atom. The van der Waals surface area contributed by atoms with E-state index in [0.29, 0.717) is 0 Å². The minimum absolute atomic E-state index is 1.11. The van der Waals surface area contributed by atoms with Crippen LogP contribution in [-0.4, -0.2) is 0 Å². The van der Waals surface area contributed by atoms with E-state index in [1.54, 1.807) is 0 Å².